The molecule has 0 aliphatic heterocycles. The number of rotatable bonds is 1. The number of nitrogens with one attached hydrogen (secondary N) is 2. The van der Waals surface area contributed by atoms with Crippen molar-refractivity contribution < 1.29 is 18.0 Å². The summed E-state index contributed by atoms with van der Waals surface area (Å²) in [5.41, 5.74) is 0. The van der Waals surface area contributed by atoms with Gasteiger partial charge in [0.25, 0.3) is 0 Å². The van der Waals surface area contributed by atoms with Crippen LogP contribution in [0.5, 0.6) is 0 Å². The van der Waals surface area contributed by atoms with Gasteiger partial charge >= 0.3 is 12.3 Å². The van der Waals surface area contributed by atoms with E-state index in [1.807, 2.05) is 0 Å². The average Bonchev–Trinajstić information content (AvgIpc) is 2.28. The van der Waals surface area contributed by atoms with E-state index in [0.29, 0.717) is 0 Å². The van der Waals surface area contributed by atoms with Crippen LogP contribution in [-0.2, 0) is 0 Å². The van der Waals surface area contributed by atoms with Crippen LogP contribution in [0.15, 0.2) is 0 Å². The minimum absolute atomic E-state index is 0.116. The fourth-order valence-corrected chi connectivity index (χ4v) is 1.77. The Morgan fingerprint density at radius 3 is 2.07 bits per heavy atom. The van der Waals surface area contributed by atoms with Gasteiger partial charge in [0.05, 0.1) is 0 Å². The number of halogens is 3. The Bertz CT molecular complexity index is 210. The SMILES string of the molecule is O=C(NC1CCCCCC1)NC(F)(F)F. The summed E-state index contributed by atoms with van der Waals surface area (Å²) in [7, 11) is 0. The van der Waals surface area contributed by atoms with E-state index in [-0.39, 0.29) is 6.04 Å². The number of carbonyl (C=O) groups is 1. The lowest BCUT2D eigenvalue weighted by molar-refractivity contribution is -0.145. The van der Waals surface area contributed by atoms with Gasteiger partial charge in [-0.3, -0.25) is 0 Å². The molecule has 15 heavy (non-hydrogen) atoms. The van der Waals surface area contributed by atoms with Gasteiger partial charge in [-0.25, -0.2) is 10.1 Å². The molecule has 0 aromatic rings. The van der Waals surface area contributed by atoms with E-state index < -0.39 is 12.3 Å². The second kappa shape index (κ2) is 5.23. The summed E-state index contributed by atoms with van der Waals surface area (Å²) in [6, 6.07) is -1.26. The van der Waals surface area contributed by atoms with Crippen LogP contribution in [0.2, 0.25) is 0 Å². The molecular weight excluding hydrogens is 209 g/mol. The second-order valence-corrected chi connectivity index (χ2v) is 3.78. The summed E-state index contributed by atoms with van der Waals surface area (Å²) in [4.78, 5) is 10.9. The van der Waals surface area contributed by atoms with Crippen LogP contribution >= 0.6 is 0 Å². The number of hydrogen-bond donors (Lipinski definition) is 2. The Hall–Kier alpha value is -0.940. The molecule has 1 rings (SSSR count). The van der Waals surface area contributed by atoms with Gasteiger partial charge in [-0.15, -0.1) is 0 Å². The second-order valence-electron chi connectivity index (χ2n) is 3.78. The average molecular weight is 224 g/mol. The monoisotopic (exact) mass is 224 g/mol. The van der Waals surface area contributed by atoms with Crippen LogP contribution in [-0.4, -0.2) is 18.4 Å². The first kappa shape index (κ1) is 12.1. The van der Waals surface area contributed by atoms with Crippen LogP contribution in [0.1, 0.15) is 38.5 Å². The number of amides is 2. The maximum atomic E-state index is 11.8. The minimum Gasteiger partial charge on any atom is -0.335 e. The van der Waals surface area contributed by atoms with Crippen LogP contribution in [0.25, 0.3) is 0 Å². The van der Waals surface area contributed by atoms with Gasteiger partial charge in [-0.2, -0.15) is 13.2 Å². The normalized spacial score (nSPS) is 19.4. The molecule has 1 saturated carbocycles. The maximum Gasteiger partial charge on any atom is 0.485 e. The standard InChI is InChI=1S/C9H15F3N2O/c10-9(11,12)14-8(15)13-7-5-3-1-2-4-6-7/h7H,1-6H2,(H2,13,14,15). The molecule has 0 atom stereocenters. The third-order valence-corrected chi connectivity index (χ3v) is 2.45. The lowest BCUT2D eigenvalue weighted by atomic mass is 10.1. The van der Waals surface area contributed by atoms with E-state index in [2.05, 4.69) is 5.32 Å². The van der Waals surface area contributed by atoms with Gasteiger partial charge in [0.15, 0.2) is 0 Å². The summed E-state index contributed by atoms with van der Waals surface area (Å²) in [6.45, 7) is 0. The van der Waals surface area contributed by atoms with Crippen molar-refractivity contribution in [1.29, 1.82) is 0 Å². The molecule has 3 nitrogen and oxygen atoms in total. The van der Waals surface area contributed by atoms with Crippen LogP contribution in [0.3, 0.4) is 0 Å². The molecule has 1 fully saturated rings. The zero-order valence-electron chi connectivity index (χ0n) is 8.36. The molecule has 2 N–H and O–H groups in total. The zero-order chi connectivity index (χ0) is 11.3. The van der Waals surface area contributed by atoms with E-state index in [1.54, 1.807) is 0 Å². The first-order chi connectivity index (χ1) is 6.97. The maximum absolute atomic E-state index is 11.8. The fourth-order valence-electron chi connectivity index (χ4n) is 1.77. The molecular formula is C9H15F3N2O. The molecule has 0 radical (unpaired) electrons. The molecule has 1 aliphatic rings. The third kappa shape index (κ3) is 5.49. The van der Waals surface area contributed by atoms with Gasteiger partial charge in [-0.1, -0.05) is 25.7 Å². The zero-order valence-corrected chi connectivity index (χ0v) is 8.36. The van der Waals surface area contributed by atoms with Crippen LogP contribution in [0, 0.1) is 0 Å². The summed E-state index contributed by atoms with van der Waals surface area (Å²) in [5.74, 6) is 0. The molecule has 88 valence electrons. The molecule has 0 bridgehead atoms. The minimum atomic E-state index is -4.64. The summed E-state index contributed by atoms with van der Waals surface area (Å²) in [5, 5.41) is 3.28. The first-order valence-corrected chi connectivity index (χ1v) is 5.13. The molecule has 0 aromatic heterocycles. The van der Waals surface area contributed by atoms with E-state index in [9.17, 15) is 18.0 Å². The smallest absolute Gasteiger partial charge is 0.335 e. The largest absolute Gasteiger partial charge is 0.485 e. The van der Waals surface area contributed by atoms with Crippen LogP contribution in [0.4, 0.5) is 18.0 Å². The highest BCUT2D eigenvalue weighted by Crippen LogP contribution is 2.17. The first-order valence-electron chi connectivity index (χ1n) is 5.13. The highest BCUT2D eigenvalue weighted by Gasteiger charge is 2.30. The predicted octanol–water partition coefficient (Wildman–Crippen LogP) is 2.53. The highest BCUT2D eigenvalue weighted by molar-refractivity contribution is 5.74. The Balaban J connectivity index is 2.30. The molecule has 0 heterocycles. The Morgan fingerprint density at radius 2 is 1.60 bits per heavy atom. The number of hydrogen-bond acceptors (Lipinski definition) is 1. The Kier molecular flexibility index (Phi) is 4.23. The molecule has 0 saturated heterocycles. The highest BCUT2D eigenvalue weighted by atomic mass is 19.4. The van der Waals surface area contributed by atoms with E-state index in [1.165, 1.54) is 0 Å². The van der Waals surface area contributed by atoms with Gasteiger partial charge < -0.3 is 5.32 Å². The fraction of sp³-hybridized carbons (Fsp3) is 0.889. The van der Waals surface area contributed by atoms with Crippen molar-refractivity contribution in [3.8, 4) is 0 Å². The number of urea groups is 1. The van der Waals surface area contributed by atoms with E-state index >= 15 is 0 Å². The van der Waals surface area contributed by atoms with E-state index in [4.69, 9.17) is 0 Å². The summed E-state index contributed by atoms with van der Waals surface area (Å²) in [6.07, 6.45) is 1.03. The number of carbonyl (C=O) groups excluding carboxylic acids is 1. The quantitative estimate of drug-likeness (QED) is 0.521. The van der Waals surface area contributed by atoms with Crippen molar-refractivity contribution in [2.75, 3.05) is 0 Å². The van der Waals surface area contributed by atoms with Crippen molar-refractivity contribution >= 4 is 6.03 Å². The molecule has 2 amide bonds. The van der Waals surface area contributed by atoms with Gasteiger partial charge in [0.1, 0.15) is 0 Å². The van der Waals surface area contributed by atoms with Gasteiger partial charge in [0, 0.05) is 6.04 Å². The van der Waals surface area contributed by atoms with Gasteiger partial charge in [-0.05, 0) is 12.8 Å². The lowest BCUT2D eigenvalue weighted by Crippen LogP contribution is -2.47. The van der Waals surface area contributed by atoms with E-state index in [0.717, 1.165) is 43.8 Å². The third-order valence-electron chi connectivity index (χ3n) is 2.45. The Morgan fingerprint density at radius 1 is 1.07 bits per heavy atom. The molecule has 6 heteroatoms. The Labute approximate surface area is 86.4 Å². The lowest BCUT2D eigenvalue weighted by Gasteiger charge is -2.17. The molecule has 0 aromatic carbocycles. The molecule has 0 unspecified atom stereocenters. The van der Waals surface area contributed by atoms with Crippen molar-refractivity contribution in [3.63, 3.8) is 0 Å². The van der Waals surface area contributed by atoms with Crippen molar-refractivity contribution in [3.05, 3.63) is 0 Å². The number of alkyl halides is 3. The topological polar surface area (TPSA) is 41.1 Å². The van der Waals surface area contributed by atoms with Crippen molar-refractivity contribution in [2.45, 2.75) is 50.9 Å². The van der Waals surface area contributed by atoms with Crippen molar-refractivity contribution in [1.82, 2.24) is 10.6 Å². The summed E-state index contributed by atoms with van der Waals surface area (Å²) >= 11 is 0. The summed E-state index contributed by atoms with van der Waals surface area (Å²) < 4.78 is 35.3. The molecule has 0 spiro atoms. The van der Waals surface area contributed by atoms with Crippen molar-refractivity contribution in [2.24, 2.45) is 0 Å². The van der Waals surface area contributed by atoms with Crippen LogP contribution < -0.4 is 10.6 Å². The predicted molar refractivity (Wildman–Crippen MR) is 49.2 cm³/mol. The van der Waals surface area contributed by atoms with Gasteiger partial charge in [0.2, 0.25) is 0 Å². The molecule has 1 aliphatic carbocycles.